The van der Waals surface area contributed by atoms with E-state index in [9.17, 15) is 14.7 Å². The lowest BCUT2D eigenvalue weighted by molar-refractivity contribution is -0.136. The third kappa shape index (κ3) is 4.45. The Morgan fingerprint density at radius 1 is 1.32 bits per heavy atom. The van der Waals surface area contributed by atoms with Gasteiger partial charge in [-0.1, -0.05) is 30.5 Å². The van der Waals surface area contributed by atoms with Crippen molar-refractivity contribution in [2.24, 2.45) is 5.92 Å². The van der Waals surface area contributed by atoms with Gasteiger partial charge in [0.1, 0.15) is 0 Å². The first-order valence-corrected chi connectivity index (χ1v) is 7.88. The highest BCUT2D eigenvalue weighted by Crippen LogP contribution is 2.27. The van der Waals surface area contributed by atoms with Crippen LogP contribution in [0.2, 0.25) is 5.02 Å². The number of carbonyl (C=O) groups excluding carboxylic acids is 2. The second kappa shape index (κ2) is 7.61. The molecule has 1 aliphatic rings. The molecule has 1 aromatic rings. The normalized spacial score (nSPS) is 16.3. The maximum Gasteiger partial charge on any atom is 0.313 e. The van der Waals surface area contributed by atoms with Gasteiger partial charge in [0.15, 0.2) is 0 Å². The summed E-state index contributed by atoms with van der Waals surface area (Å²) in [5, 5.41) is 15.3. The Kier molecular flexibility index (Phi) is 5.80. The van der Waals surface area contributed by atoms with E-state index in [1.807, 2.05) is 13.0 Å². The lowest BCUT2D eigenvalue weighted by Crippen LogP contribution is -2.41. The van der Waals surface area contributed by atoms with Crippen LogP contribution in [0.25, 0.3) is 0 Å². The fraction of sp³-hybridized carbons (Fsp3) is 0.500. The molecule has 1 fully saturated rings. The molecule has 0 saturated heterocycles. The van der Waals surface area contributed by atoms with Crippen LogP contribution in [-0.4, -0.2) is 29.6 Å². The lowest BCUT2D eigenvalue weighted by Gasteiger charge is -2.17. The number of aryl methyl sites for hydroxylation is 1. The third-order valence-electron chi connectivity index (χ3n) is 3.99. The molecule has 22 heavy (non-hydrogen) atoms. The molecule has 5 nitrogen and oxygen atoms in total. The molecule has 1 saturated carbocycles. The lowest BCUT2D eigenvalue weighted by atomic mass is 10.0. The molecule has 0 radical (unpaired) electrons. The highest BCUT2D eigenvalue weighted by Gasteiger charge is 2.24. The van der Waals surface area contributed by atoms with Crippen LogP contribution in [-0.2, 0) is 9.59 Å². The highest BCUT2D eigenvalue weighted by molar-refractivity contribution is 6.41. The number of aliphatic hydroxyl groups excluding tert-OH is 1. The second-order valence-electron chi connectivity index (χ2n) is 5.76. The van der Waals surface area contributed by atoms with E-state index >= 15 is 0 Å². The zero-order valence-electron chi connectivity index (χ0n) is 12.6. The third-order valence-corrected chi connectivity index (χ3v) is 4.32. The molecule has 1 atom stereocenters. The van der Waals surface area contributed by atoms with Gasteiger partial charge in [-0.15, -0.1) is 0 Å². The van der Waals surface area contributed by atoms with Crippen LogP contribution in [0, 0.1) is 12.8 Å². The molecule has 0 spiro atoms. The van der Waals surface area contributed by atoms with E-state index in [1.165, 1.54) is 0 Å². The minimum atomic E-state index is -0.786. The molecule has 0 bridgehead atoms. The predicted molar refractivity (Wildman–Crippen MR) is 85.8 cm³/mol. The van der Waals surface area contributed by atoms with Crippen LogP contribution in [0.4, 0.5) is 5.69 Å². The maximum absolute atomic E-state index is 11.8. The Hall–Kier alpha value is -1.59. The number of aliphatic hydroxyl groups is 1. The highest BCUT2D eigenvalue weighted by atomic mass is 35.5. The Labute approximate surface area is 135 Å². The summed E-state index contributed by atoms with van der Waals surface area (Å²) in [6.07, 6.45) is 3.58. The Balaban J connectivity index is 1.84. The quantitative estimate of drug-likeness (QED) is 0.743. The Morgan fingerprint density at radius 3 is 2.68 bits per heavy atom. The van der Waals surface area contributed by atoms with Crippen molar-refractivity contribution in [3.8, 4) is 0 Å². The van der Waals surface area contributed by atoms with E-state index in [0.29, 0.717) is 10.7 Å². The van der Waals surface area contributed by atoms with Crippen molar-refractivity contribution in [3.63, 3.8) is 0 Å². The van der Waals surface area contributed by atoms with Crippen molar-refractivity contribution in [2.45, 2.75) is 38.7 Å². The van der Waals surface area contributed by atoms with E-state index in [2.05, 4.69) is 10.6 Å². The molecule has 3 N–H and O–H groups in total. The zero-order valence-corrected chi connectivity index (χ0v) is 13.3. The van der Waals surface area contributed by atoms with Crippen molar-refractivity contribution in [1.82, 2.24) is 5.32 Å². The Bertz CT molecular complexity index is 556. The molecule has 0 aliphatic heterocycles. The largest absolute Gasteiger partial charge is 0.391 e. The van der Waals surface area contributed by atoms with Gasteiger partial charge in [0.2, 0.25) is 0 Å². The van der Waals surface area contributed by atoms with E-state index < -0.39 is 17.9 Å². The van der Waals surface area contributed by atoms with Crippen LogP contribution in [0.1, 0.15) is 31.2 Å². The summed E-state index contributed by atoms with van der Waals surface area (Å²) in [4.78, 5) is 23.6. The smallest absolute Gasteiger partial charge is 0.313 e. The van der Waals surface area contributed by atoms with Crippen molar-refractivity contribution in [1.29, 1.82) is 0 Å². The van der Waals surface area contributed by atoms with Crippen molar-refractivity contribution in [3.05, 3.63) is 28.8 Å². The SMILES string of the molecule is Cc1ccc(Cl)c(NC(=O)C(=O)NCC(O)C2CCCC2)c1. The Morgan fingerprint density at radius 2 is 2.00 bits per heavy atom. The molecule has 2 rings (SSSR count). The van der Waals surface area contributed by atoms with Gasteiger partial charge in [-0.2, -0.15) is 0 Å². The first kappa shape index (κ1) is 16.8. The van der Waals surface area contributed by atoms with Gasteiger partial charge < -0.3 is 15.7 Å². The van der Waals surface area contributed by atoms with Gasteiger partial charge in [0, 0.05) is 6.54 Å². The van der Waals surface area contributed by atoms with E-state index in [4.69, 9.17) is 11.6 Å². The summed E-state index contributed by atoms with van der Waals surface area (Å²) in [7, 11) is 0. The van der Waals surface area contributed by atoms with Crippen LogP contribution in [0.3, 0.4) is 0 Å². The van der Waals surface area contributed by atoms with Gasteiger partial charge in [-0.3, -0.25) is 9.59 Å². The molecular weight excluding hydrogens is 304 g/mol. The average molecular weight is 325 g/mol. The number of amides is 2. The average Bonchev–Trinajstić information content (AvgIpc) is 3.02. The number of rotatable bonds is 4. The number of carbonyl (C=O) groups is 2. The molecule has 0 aromatic heterocycles. The molecule has 0 heterocycles. The minimum absolute atomic E-state index is 0.0957. The topological polar surface area (TPSA) is 78.4 Å². The van der Waals surface area contributed by atoms with E-state index in [-0.39, 0.29) is 12.5 Å². The molecule has 1 unspecified atom stereocenters. The van der Waals surface area contributed by atoms with Gasteiger partial charge in [-0.25, -0.2) is 0 Å². The number of hydrogen-bond acceptors (Lipinski definition) is 3. The second-order valence-corrected chi connectivity index (χ2v) is 6.17. The van der Waals surface area contributed by atoms with Gasteiger partial charge in [0.25, 0.3) is 0 Å². The van der Waals surface area contributed by atoms with Crippen LogP contribution < -0.4 is 10.6 Å². The van der Waals surface area contributed by atoms with E-state index in [0.717, 1.165) is 31.2 Å². The summed E-state index contributed by atoms with van der Waals surface area (Å²) >= 11 is 5.97. The van der Waals surface area contributed by atoms with Gasteiger partial charge in [-0.05, 0) is 43.4 Å². The standard InChI is InChI=1S/C16H21ClN2O3/c1-10-6-7-12(17)13(8-10)19-16(22)15(21)18-9-14(20)11-4-2-3-5-11/h6-8,11,14,20H,2-5,9H2,1H3,(H,18,21)(H,19,22). The monoisotopic (exact) mass is 324 g/mol. The summed E-state index contributed by atoms with van der Waals surface area (Å²) in [5.41, 5.74) is 1.33. The number of hydrogen-bond donors (Lipinski definition) is 3. The van der Waals surface area contributed by atoms with Crippen molar-refractivity contribution < 1.29 is 14.7 Å². The summed E-state index contributed by atoms with van der Waals surface area (Å²) in [6, 6.07) is 5.17. The first-order chi connectivity index (χ1) is 10.5. The maximum atomic E-state index is 11.8. The summed E-state index contributed by atoms with van der Waals surface area (Å²) in [6.45, 7) is 1.96. The van der Waals surface area contributed by atoms with E-state index in [1.54, 1.807) is 12.1 Å². The first-order valence-electron chi connectivity index (χ1n) is 7.51. The summed E-state index contributed by atoms with van der Waals surface area (Å²) < 4.78 is 0. The van der Waals surface area contributed by atoms with Gasteiger partial charge >= 0.3 is 11.8 Å². The molecule has 1 aliphatic carbocycles. The molecule has 2 amide bonds. The number of halogens is 1. The summed E-state index contributed by atoms with van der Waals surface area (Å²) in [5.74, 6) is -1.34. The fourth-order valence-electron chi connectivity index (χ4n) is 2.70. The molecule has 120 valence electrons. The van der Waals surface area contributed by atoms with Gasteiger partial charge in [0.05, 0.1) is 16.8 Å². The van der Waals surface area contributed by atoms with Crippen molar-refractivity contribution >= 4 is 29.1 Å². The molecule has 1 aromatic carbocycles. The van der Waals surface area contributed by atoms with Crippen LogP contribution >= 0.6 is 11.6 Å². The van der Waals surface area contributed by atoms with Crippen molar-refractivity contribution in [2.75, 3.05) is 11.9 Å². The predicted octanol–water partition coefficient (Wildman–Crippen LogP) is 2.25. The molecule has 6 heteroatoms. The number of nitrogens with one attached hydrogen (secondary N) is 2. The fourth-order valence-corrected chi connectivity index (χ4v) is 2.87. The van der Waals surface area contributed by atoms with Crippen LogP contribution in [0.5, 0.6) is 0 Å². The number of anilines is 1. The minimum Gasteiger partial charge on any atom is -0.391 e. The number of benzene rings is 1. The molecular formula is C16H21ClN2O3. The zero-order chi connectivity index (χ0) is 16.1. The van der Waals surface area contributed by atoms with Crippen LogP contribution in [0.15, 0.2) is 18.2 Å².